The predicted octanol–water partition coefficient (Wildman–Crippen LogP) is 2.56. The lowest BCUT2D eigenvalue weighted by molar-refractivity contribution is 0.144. The van der Waals surface area contributed by atoms with Gasteiger partial charge in [-0.25, -0.2) is 22.2 Å². The molecule has 0 radical (unpaired) electrons. The van der Waals surface area contributed by atoms with Crippen molar-refractivity contribution in [1.82, 2.24) is 4.98 Å². The lowest BCUT2D eigenvalue weighted by Gasteiger charge is -2.09. The minimum absolute atomic E-state index is 0.0368. The number of hydrogen-bond donors (Lipinski definition) is 0. The predicted molar refractivity (Wildman–Crippen MR) is 61.5 cm³/mol. The monoisotopic (exact) mass is 383 g/mol. The first-order valence-corrected chi connectivity index (χ1v) is 7.13. The number of ether oxygens (including phenoxy) is 1. The molecule has 0 bridgehead atoms. The molecule has 0 N–H and O–H groups in total. The molecule has 1 aromatic rings. The van der Waals surface area contributed by atoms with Gasteiger partial charge < -0.3 is 4.74 Å². The van der Waals surface area contributed by atoms with Gasteiger partial charge in [-0.2, -0.15) is 0 Å². The number of hydrogen-bond acceptors (Lipinski definition) is 4. The molecule has 9 heteroatoms. The molecule has 0 saturated carbocycles. The zero-order valence-electron chi connectivity index (χ0n) is 7.75. The van der Waals surface area contributed by atoms with E-state index in [2.05, 4.69) is 9.72 Å². The molecule has 0 aliphatic heterocycles. The number of alkyl halides is 2. The summed E-state index contributed by atoms with van der Waals surface area (Å²) in [5.74, 6) is -0.433. The van der Waals surface area contributed by atoms with Crippen molar-refractivity contribution in [2.75, 3.05) is 7.11 Å². The summed E-state index contributed by atoms with van der Waals surface area (Å²) in [6.45, 7) is 0. The van der Waals surface area contributed by atoms with E-state index in [9.17, 15) is 17.2 Å². The van der Waals surface area contributed by atoms with Crippen molar-refractivity contribution >= 4 is 42.3 Å². The maximum Gasteiger partial charge on any atom is 0.280 e. The standard InChI is InChI=1S/C7H5ClF2INO3S/c1-15-7-5(16(8,13)14)3(11)2-4(12-7)6(9)10/h2,6H,1H3. The molecule has 16 heavy (non-hydrogen) atoms. The topological polar surface area (TPSA) is 56.3 Å². The van der Waals surface area contributed by atoms with Crippen molar-refractivity contribution in [1.29, 1.82) is 0 Å². The average molecular weight is 384 g/mol. The van der Waals surface area contributed by atoms with E-state index in [4.69, 9.17) is 10.7 Å². The first-order valence-electron chi connectivity index (χ1n) is 3.74. The van der Waals surface area contributed by atoms with Crippen LogP contribution in [0.1, 0.15) is 12.1 Å². The Labute approximate surface area is 109 Å². The molecular weight excluding hydrogens is 379 g/mol. The summed E-state index contributed by atoms with van der Waals surface area (Å²) in [7, 11) is 2.18. The second kappa shape index (κ2) is 4.96. The highest BCUT2D eigenvalue weighted by Gasteiger charge is 2.25. The third-order valence-corrected chi connectivity index (χ3v) is 4.14. The van der Waals surface area contributed by atoms with Crippen LogP contribution in [-0.2, 0) is 9.05 Å². The van der Waals surface area contributed by atoms with Gasteiger partial charge in [0.25, 0.3) is 15.5 Å². The molecular formula is C7H5ClF2INO3S. The van der Waals surface area contributed by atoms with E-state index < -0.39 is 31.9 Å². The van der Waals surface area contributed by atoms with Gasteiger partial charge in [0, 0.05) is 14.3 Å². The SMILES string of the molecule is COc1nc(C(F)F)cc(I)c1S(=O)(=O)Cl. The second-order valence-electron chi connectivity index (χ2n) is 2.61. The van der Waals surface area contributed by atoms with Gasteiger partial charge in [-0.15, -0.1) is 0 Å². The van der Waals surface area contributed by atoms with E-state index in [1.165, 1.54) is 0 Å². The van der Waals surface area contributed by atoms with E-state index in [-0.39, 0.29) is 3.57 Å². The Balaban J connectivity index is 3.53. The molecule has 90 valence electrons. The summed E-state index contributed by atoms with van der Waals surface area (Å²) in [5, 5.41) is 0. The number of methoxy groups -OCH3 is 1. The van der Waals surface area contributed by atoms with E-state index in [0.717, 1.165) is 13.2 Å². The van der Waals surface area contributed by atoms with Gasteiger partial charge in [0.2, 0.25) is 5.88 Å². The largest absolute Gasteiger partial charge is 0.480 e. The van der Waals surface area contributed by atoms with Gasteiger partial charge in [-0.1, -0.05) is 0 Å². The van der Waals surface area contributed by atoms with E-state index in [1.54, 1.807) is 22.6 Å². The average Bonchev–Trinajstić information content (AvgIpc) is 2.14. The van der Waals surface area contributed by atoms with Crippen LogP contribution in [0.4, 0.5) is 8.78 Å². The fourth-order valence-corrected chi connectivity index (χ4v) is 3.86. The van der Waals surface area contributed by atoms with Crippen LogP contribution >= 0.6 is 33.3 Å². The number of aromatic nitrogens is 1. The number of halogens is 4. The maximum atomic E-state index is 12.4. The van der Waals surface area contributed by atoms with Gasteiger partial charge in [0.05, 0.1) is 7.11 Å². The molecule has 1 heterocycles. The van der Waals surface area contributed by atoms with Crippen LogP contribution in [-0.4, -0.2) is 20.5 Å². The molecule has 0 fully saturated rings. The molecule has 0 saturated heterocycles. The Bertz CT molecular complexity index is 509. The lowest BCUT2D eigenvalue weighted by atomic mass is 10.3. The first-order chi connectivity index (χ1) is 7.27. The molecule has 4 nitrogen and oxygen atoms in total. The van der Waals surface area contributed by atoms with Crippen molar-refractivity contribution in [2.24, 2.45) is 0 Å². The number of rotatable bonds is 3. The molecule has 0 amide bonds. The highest BCUT2D eigenvalue weighted by molar-refractivity contribution is 14.1. The van der Waals surface area contributed by atoms with Gasteiger partial charge in [-0.3, -0.25) is 0 Å². The van der Waals surface area contributed by atoms with Gasteiger partial charge in [0.1, 0.15) is 5.69 Å². The Morgan fingerprint density at radius 2 is 2.12 bits per heavy atom. The molecule has 0 aliphatic rings. The Morgan fingerprint density at radius 3 is 2.50 bits per heavy atom. The van der Waals surface area contributed by atoms with Crippen molar-refractivity contribution in [3.05, 3.63) is 15.3 Å². The summed E-state index contributed by atoms with van der Waals surface area (Å²) in [4.78, 5) is 2.98. The molecule has 0 atom stereocenters. The normalized spacial score (nSPS) is 11.9. The molecule has 0 spiro atoms. The summed E-state index contributed by atoms with van der Waals surface area (Å²) < 4.78 is 51.8. The Morgan fingerprint density at radius 1 is 1.56 bits per heavy atom. The van der Waals surface area contributed by atoms with Crippen LogP contribution in [0.3, 0.4) is 0 Å². The summed E-state index contributed by atoms with van der Waals surface area (Å²) in [6, 6.07) is 0.947. The van der Waals surface area contributed by atoms with Crippen molar-refractivity contribution in [3.8, 4) is 5.88 Å². The van der Waals surface area contributed by atoms with E-state index in [0.29, 0.717) is 0 Å². The fourth-order valence-electron chi connectivity index (χ4n) is 0.969. The molecule has 0 unspecified atom stereocenters. The van der Waals surface area contributed by atoms with Crippen molar-refractivity contribution in [3.63, 3.8) is 0 Å². The highest BCUT2D eigenvalue weighted by atomic mass is 127. The zero-order chi connectivity index (χ0) is 12.5. The Kier molecular flexibility index (Phi) is 4.29. The van der Waals surface area contributed by atoms with Crippen LogP contribution in [0.5, 0.6) is 5.88 Å². The summed E-state index contributed by atoms with van der Waals surface area (Å²) in [6.07, 6.45) is -2.81. The van der Waals surface area contributed by atoms with Gasteiger partial charge in [-0.05, 0) is 28.7 Å². The minimum atomic E-state index is -4.09. The molecule has 1 rings (SSSR count). The highest BCUT2D eigenvalue weighted by Crippen LogP contribution is 2.32. The first kappa shape index (κ1) is 13.8. The van der Waals surface area contributed by atoms with E-state index >= 15 is 0 Å². The maximum absolute atomic E-state index is 12.4. The fraction of sp³-hybridized carbons (Fsp3) is 0.286. The van der Waals surface area contributed by atoms with Gasteiger partial charge >= 0.3 is 0 Å². The number of pyridine rings is 1. The quantitative estimate of drug-likeness (QED) is 0.595. The van der Waals surface area contributed by atoms with Crippen LogP contribution in [0.2, 0.25) is 0 Å². The summed E-state index contributed by atoms with van der Waals surface area (Å²) >= 11 is 1.58. The smallest absolute Gasteiger partial charge is 0.280 e. The second-order valence-corrected chi connectivity index (χ2v) is 6.27. The molecule has 0 aromatic carbocycles. The van der Waals surface area contributed by atoms with Gasteiger partial charge in [0.15, 0.2) is 4.90 Å². The third-order valence-electron chi connectivity index (χ3n) is 1.58. The molecule has 0 aliphatic carbocycles. The van der Waals surface area contributed by atoms with E-state index in [1.807, 2.05) is 0 Å². The van der Waals surface area contributed by atoms with Crippen LogP contribution in [0, 0.1) is 3.57 Å². The minimum Gasteiger partial charge on any atom is -0.480 e. The number of nitrogens with zero attached hydrogens (tertiary/aromatic N) is 1. The van der Waals surface area contributed by atoms with Crippen molar-refractivity contribution in [2.45, 2.75) is 11.3 Å². The van der Waals surface area contributed by atoms with Crippen LogP contribution < -0.4 is 4.74 Å². The Hall–Kier alpha value is -0.220. The van der Waals surface area contributed by atoms with Crippen LogP contribution in [0.15, 0.2) is 11.0 Å². The third kappa shape index (κ3) is 2.92. The summed E-state index contributed by atoms with van der Waals surface area (Å²) in [5.41, 5.74) is -0.565. The van der Waals surface area contributed by atoms with Crippen LogP contribution in [0.25, 0.3) is 0 Å². The lowest BCUT2D eigenvalue weighted by Crippen LogP contribution is -2.04. The van der Waals surface area contributed by atoms with Crippen molar-refractivity contribution < 1.29 is 21.9 Å². The zero-order valence-corrected chi connectivity index (χ0v) is 11.5. The molecule has 1 aromatic heterocycles.